The van der Waals surface area contributed by atoms with Crippen molar-refractivity contribution in [2.45, 2.75) is 32.1 Å². The van der Waals surface area contributed by atoms with Crippen molar-refractivity contribution in [1.29, 1.82) is 0 Å². The summed E-state index contributed by atoms with van der Waals surface area (Å²) in [5.41, 5.74) is 0. The van der Waals surface area contributed by atoms with Crippen LogP contribution in [0.2, 0.25) is 0 Å². The Kier molecular flexibility index (Phi) is 12.3. The van der Waals surface area contributed by atoms with E-state index in [1.165, 1.54) is 0 Å². The van der Waals surface area contributed by atoms with Crippen molar-refractivity contribution < 1.29 is 19.0 Å². The molecule has 0 aliphatic carbocycles. The average molecular weight is 538 g/mol. The van der Waals surface area contributed by atoms with E-state index >= 15 is 0 Å². The van der Waals surface area contributed by atoms with Gasteiger partial charge < -0.3 is 29.3 Å². The molecule has 3 aliphatic heterocycles. The molecule has 0 aromatic rings. The summed E-state index contributed by atoms with van der Waals surface area (Å²) in [7, 11) is 1.83. The van der Waals surface area contributed by atoms with Gasteiger partial charge in [-0.3, -0.25) is 9.79 Å². The minimum atomic E-state index is 0. The molecule has 3 aliphatic rings. The monoisotopic (exact) mass is 538 g/mol. The molecule has 3 saturated heterocycles. The number of carbonyl (C=O) groups is 1. The van der Waals surface area contributed by atoms with Gasteiger partial charge in [0.15, 0.2) is 5.96 Å². The largest absolute Gasteiger partial charge is 0.381 e. The number of nitrogens with one attached hydrogen (secondary N) is 1. The summed E-state index contributed by atoms with van der Waals surface area (Å²) in [4.78, 5) is 21.3. The lowest BCUT2D eigenvalue weighted by molar-refractivity contribution is -0.140. The van der Waals surface area contributed by atoms with Gasteiger partial charge in [0, 0.05) is 72.1 Å². The number of ether oxygens (including phenoxy) is 3. The lowest BCUT2D eigenvalue weighted by Gasteiger charge is -2.36. The van der Waals surface area contributed by atoms with E-state index in [2.05, 4.69) is 15.2 Å². The van der Waals surface area contributed by atoms with E-state index in [1.54, 1.807) is 0 Å². The van der Waals surface area contributed by atoms with E-state index in [0.717, 1.165) is 97.2 Å². The molecule has 174 valence electrons. The number of likely N-dealkylation sites (tertiary alicyclic amines) is 1. The molecule has 3 fully saturated rings. The van der Waals surface area contributed by atoms with Crippen molar-refractivity contribution in [3.63, 3.8) is 0 Å². The third-order valence-corrected chi connectivity index (χ3v) is 6.12. The molecular weight excluding hydrogens is 499 g/mol. The number of carbonyl (C=O) groups excluding carboxylic acids is 1. The standard InChI is InChI=1S/C21H38N4O4.HI/c1-22-21(23-7-2-12-29-17-18-5-13-27-14-6-18)25-8-3-19(4-9-25)20(26)24-10-15-28-16-11-24;/h18-19H,2-17H2,1H3,(H,22,23);1H. The summed E-state index contributed by atoms with van der Waals surface area (Å²) in [6, 6.07) is 0. The second-order valence-electron chi connectivity index (χ2n) is 8.16. The summed E-state index contributed by atoms with van der Waals surface area (Å²) in [6.07, 6.45) is 4.99. The fourth-order valence-corrected chi connectivity index (χ4v) is 4.25. The van der Waals surface area contributed by atoms with Crippen LogP contribution >= 0.6 is 24.0 Å². The molecule has 0 unspecified atom stereocenters. The molecule has 8 nitrogen and oxygen atoms in total. The Morgan fingerprint density at radius 2 is 1.67 bits per heavy atom. The van der Waals surface area contributed by atoms with E-state index in [0.29, 0.717) is 25.0 Å². The number of hydrogen-bond acceptors (Lipinski definition) is 5. The SMILES string of the molecule is CN=C(NCCCOCC1CCOCC1)N1CCC(C(=O)N2CCOCC2)CC1.I. The first kappa shape index (κ1) is 25.6. The van der Waals surface area contributed by atoms with Crippen LogP contribution in [0.3, 0.4) is 0 Å². The predicted molar refractivity (Wildman–Crippen MR) is 127 cm³/mol. The molecule has 0 spiro atoms. The van der Waals surface area contributed by atoms with Crippen molar-refractivity contribution in [3.05, 3.63) is 0 Å². The number of aliphatic imine (C=N–C) groups is 1. The highest BCUT2D eigenvalue weighted by molar-refractivity contribution is 14.0. The highest BCUT2D eigenvalue weighted by Gasteiger charge is 2.30. The molecule has 3 rings (SSSR count). The van der Waals surface area contributed by atoms with Crippen LogP contribution in [-0.4, -0.2) is 101 Å². The minimum absolute atomic E-state index is 0. The number of rotatable bonds is 7. The topological polar surface area (TPSA) is 75.6 Å². The highest BCUT2D eigenvalue weighted by atomic mass is 127. The zero-order chi connectivity index (χ0) is 20.3. The molecular formula is C21H39IN4O4. The van der Waals surface area contributed by atoms with Gasteiger partial charge in [0.25, 0.3) is 0 Å². The zero-order valence-corrected chi connectivity index (χ0v) is 20.7. The first-order chi connectivity index (χ1) is 14.3. The van der Waals surface area contributed by atoms with E-state index in [1.807, 2.05) is 11.9 Å². The second kappa shape index (κ2) is 14.4. The van der Waals surface area contributed by atoms with Crippen LogP contribution in [-0.2, 0) is 19.0 Å². The van der Waals surface area contributed by atoms with Gasteiger partial charge in [-0.05, 0) is 38.0 Å². The number of morpholine rings is 1. The lowest BCUT2D eigenvalue weighted by atomic mass is 9.95. The average Bonchev–Trinajstić information content (AvgIpc) is 2.79. The molecule has 1 amide bonds. The van der Waals surface area contributed by atoms with Crippen LogP contribution in [0, 0.1) is 11.8 Å². The number of piperidine rings is 1. The highest BCUT2D eigenvalue weighted by Crippen LogP contribution is 2.20. The van der Waals surface area contributed by atoms with Gasteiger partial charge in [0.05, 0.1) is 13.2 Å². The van der Waals surface area contributed by atoms with Crippen molar-refractivity contribution in [1.82, 2.24) is 15.1 Å². The number of halogens is 1. The first-order valence-electron chi connectivity index (χ1n) is 11.3. The predicted octanol–water partition coefficient (Wildman–Crippen LogP) is 1.58. The molecule has 0 aromatic carbocycles. The first-order valence-corrected chi connectivity index (χ1v) is 11.3. The van der Waals surface area contributed by atoms with Gasteiger partial charge in [-0.25, -0.2) is 0 Å². The van der Waals surface area contributed by atoms with Gasteiger partial charge in [-0.15, -0.1) is 24.0 Å². The molecule has 1 N–H and O–H groups in total. The van der Waals surface area contributed by atoms with E-state index in [9.17, 15) is 4.79 Å². The van der Waals surface area contributed by atoms with E-state index in [4.69, 9.17) is 14.2 Å². The summed E-state index contributed by atoms with van der Waals surface area (Å²) in [5.74, 6) is 2.04. The maximum absolute atomic E-state index is 12.7. The van der Waals surface area contributed by atoms with E-state index in [-0.39, 0.29) is 29.9 Å². The Bertz CT molecular complexity index is 517. The number of guanidine groups is 1. The third kappa shape index (κ3) is 8.12. The van der Waals surface area contributed by atoms with Gasteiger partial charge in [0.2, 0.25) is 5.91 Å². The Hall–Kier alpha value is -0.650. The van der Waals surface area contributed by atoms with Gasteiger partial charge >= 0.3 is 0 Å². The Labute approximate surface area is 198 Å². The zero-order valence-electron chi connectivity index (χ0n) is 18.4. The molecule has 0 saturated carbocycles. The molecule has 0 atom stereocenters. The second-order valence-corrected chi connectivity index (χ2v) is 8.16. The van der Waals surface area contributed by atoms with Crippen LogP contribution in [0.4, 0.5) is 0 Å². The van der Waals surface area contributed by atoms with Gasteiger partial charge in [-0.1, -0.05) is 0 Å². The van der Waals surface area contributed by atoms with Crippen LogP contribution in [0.25, 0.3) is 0 Å². The molecule has 0 aromatic heterocycles. The fraction of sp³-hybridized carbons (Fsp3) is 0.905. The maximum Gasteiger partial charge on any atom is 0.225 e. The van der Waals surface area contributed by atoms with Crippen molar-refractivity contribution in [2.75, 3.05) is 79.4 Å². The Balaban J connectivity index is 0.00000320. The van der Waals surface area contributed by atoms with Crippen molar-refractivity contribution in [2.24, 2.45) is 16.8 Å². The molecule has 3 heterocycles. The van der Waals surface area contributed by atoms with Gasteiger partial charge in [-0.2, -0.15) is 0 Å². The van der Waals surface area contributed by atoms with Gasteiger partial charge in [0.1, 0.15) is 0 Å². The summed E-state index contributed by atoms with van der Waals surface area (Å²) >= 11 is 0. The number of hydrogen-bond donors (Lipinski definition) is 1. The normalized spacial score (nSPS) is 22.0. The van der Waals surface area contributed by atoms with E-state index < -0.39 is 0 Å². The van der Waals surface area contributed by atoms with Crippen molar-refractivity contribution in [3.8, 4) is 0 Å². The summed E-state index contributed by atoms with van der Waals surface area (Å²) < 4.78 is 16.6. The third-order valence-electron chi connectivity index (χ3n) is 6.12. The van der Waals surface area contributed by atoms with Crippen LogP contribution in [0.15, 0.2) is 4.99 Å². The smallest absolute Gasteiger partial charge is 0.225 e. The van der Waals surface area contributed by atoms with Crippen LogP contribution in [0.1, 0.15) is 32.1 Å². The maximum atomic E-state index is 12.7. The fourth-order valence-electron chi connectivity index (χ4n) is 4.25. The minimum Gasteiger partial charge on any atom is -0.381 e. The molecule has 9 heteroatoms. The quantitative estimate of drug-likeness (QED) is 0.230. The van der Waals surface area contributed by atoms with Crippen LogP contribution < -0.4 is 5.32 Å². The molecule has 30 heavy (non-hydrogen) atoms. The summed E-state index contributed by atoms with van der Waals surface area (Å²) in [6.45, 7) is 8.79. The molecule has 0 radical (unpaired) electrons. The van der Waals surface area contributed by atoms with Crippen molar-refractivity contribution >= 4 is 35.8 Å². The number of amides is 1. The summed E-state index contributed by atoms with van der Waals surface area (Å²) in [5, 5.41) is 3.45. The lowest BCUT2D eigenvalue weighted by Crippen LogP contribution is -2.50. The van der Waals surface area contributed by atoms with Crippen LogP contribution in [0.5, 0.6) is 0 Å². The number of nitrogens with zero attached hydrogens (tertiary/aromatic N) is 3. The Morgan fingerprint density at radius 1 is 1.00 bits per heavy atom. The Morgan fingerprint density at radius 3 is 2.33 bits per heavy atom. The molecule has 0 bridgehead atoms.